The molecule has 0 saturated carbocycles. The van der Waals surface area contributed by atoms with Gasteiger partial charge in [-0.25, -0.2) is 4.79 Å². The van der Waals surface area contributed by atoms with E-state index < -0.39 is 12.1 Å². The van der Waals surface area contributed by atoms with Crippen LogP contribution < -0.4 is 5.32 Å². The maximum Gasteiger partial charge on any atom is 0.411 e. The summed E-state index contributed by atoms with van der Waals surface area (Å²) in [5, 5.41) is 19.1. The summed E-state index contributed by atoms with van der Waals surface area (Å²) in [6, 6.07) is 17.0. The third-order valence-corrected chi connectivity index (χ3v) is 7.43. The van der Waals surface area contributed by atoms with E-state index in [-0.39, 0.29) is 18.1 Å². The number of methoxy groups -OCH3 is 1. The zero-order valence-electron chi connectivity index (χ0n) is 22.8. The number of rotatable bonds is 7. The minimum absolute atomic E-state index is 0.0983. The van der Waals surface area contributed by atoms with E-state index in [1.165, 1.54) is 24.2 Å². The molecule has 12 nitrogen and oxygen atoms in total. The second kappa shape index (κ2) is 11.9. The molecule has 2 aromatic heterocycles. The molecule has 3 heterocycles. The molecular weight excluding hydrogens is 574 g/mol. The summed E-state index contributed by atoms with van der Waals surface area (Å²) in [5.41, 5.74) is 4.09. The number of nitrogens with one attached hydrogen (secondary N) is 1. The number of halogens is 1. The van der Waals surface area contributed by atoms with E-state index in [1.54, 1.807) is 47.4 Å². The number of Topliss-reactive ketones (excluding diaryl/α,β-unsaturated/α-hetero) is 1. The molecule has 216 valence electrons. The van der Waals surface area contributed by atoms with Gasteiger partial charge in [0.05, 0.1) is 30.6 Å². The van der Waals surface area contributed by atoms with Crippen molar-refractivity contribution in [2.24, 2.45) is 0 Å². The van der Waals surface area contributed by atoms with Gasteiger partial charge in [-0.15, -0.1) is 5.10 Å². The van der Waals surface area contributed by atoms with Crippen LogP contribution >= 0.6 is 11.6 Å². The highest BCUT2D eigenvalue weighted by Crippen LogP contribution is 2.33. The van der Waals surface area contributed by atoms with Gasteiger partial charge in [-0.2, -0.15) is 4.68 Å². The zero-order valence-corrected chi connectivity index (χ0v) is 23.6. The molecule has 0 radical (unpaired) electrons. The molecule has 43 heavy (non-hydrogen) atoms. The first-order valence-electron chi connectivity index (χ1n) is 13.3. The molecule has 0 saturated heterocycles. The lowest BCUT2D eigenvalue weighted by atomic mass is 9.88. The average Bonchev–Trinajstić information content (AvgIpc) is 3.70. The molecule has 0 aliphatic carbocycles. The molecule has 13 heteroatoms. The molecule has 0 fully saturated rings. The van der Waals surface area contributed by atoms with E-state index in [0.717, 1.165) is 11.1 Å². The maximum atomic E-state index is 14.0. The lowest BCUT2D eigenvalue weighted by Gasteiger charge is -2.35. The Morgan fingerprint density at radius 2 is 2.00 bits per heavy atom. The Hall–Kier alpha value is -5.36. The van der Waals surface area contributed by atoms with Crippen molar-refractivity contribution in [2.45, 2.75) is 18.9 Å². The van der Waals surface area contributed by atoms with Crippen molar-refractivity contribution in [2.75, 3.05) is 19.0 Å². The van der Waals surface area contributed by atoms with Crippen molar-refractivity contribution in [1.82, 2.24) is 30.3 Å². The van der Waals surface area contributed by atoms with Crippen LogP contribution in [0.15, 0.2) is 77.6 Å². The van der Waals surface area contributed by atoms with E-state index in [2.05, 4.69) is 30.7 Å². The number of para-hydroxylation sites is 1. The minimum Gasteiger partial charge on any atom is -0.453 e. The predicted octanol–water partition coefficient (Wildman–Crippen LogP) is 4.59. The lowest BCUT2D eigenvalue weighted by molar-refractivity contribution is -0.136. The van der Waals surface area contributed by atoms with Crippen LogP contribution in [-0.4, -0.2) is 61.7 Å². The number of amides is 2. The van der Waals surface area contributed by atoms with E-state index in [9.17, 15) is 14.4 Å². The molecule has 1 aliphatic rings. The zero-order chi connectivity index (χ0) is 29.9. The summed E-state index contributed by atoms with van der Waals surface area (Å²) < 4.78 is 11.7. The number of tetrazole rings is 1. The Balaban J connectivity index is 1.30. The second-order valence-corrected chi connectivity index (χ2v) is 10.2. The van der Waals surface area contributed by atoms with Crippen LogP contribution in [0.25, 0.3) is 22.7 Å². The molecule has 5 aromatic rings. The number of benzene rings is 3. The van der Waals surface area contributed by atoms with Gasteiger partial charge < -0.3 is 14.2 Å². The number of carbonyl (C=O) groups excluding carboxylic acids is 3. The van der Waals surface area contributed by atoms with Gasteiger partial charge in [-0.3, -0.25) is 14.9 Å². The highest BCUT2D eigenvalue weighted by Gasteiger charge is 2.35. The van der Waals surface area contributed by atoms with Crippen LogP contribution in [0.2, 0.25) is 5.02 Å². The van der Waals surface area contributed by atoms with Crippen LogP contribution in [-0.2, 0) is 27.2 Å². The number of ketones is 1. The fourth-order valence-corrected chi connectivity index (χ4v) is 5.39. The summed E-state index contributed by atoms with van der Waals surface area (Å²) in [6.45, 7) is 0.346. The fourth-order valence-electron chi connectivity index (χ4n) is 5.21. The molecule has 1 aliphatic heterocycles. The fraction of sp³-hybridized carbons (Fsp3) is 0.167. The summed E-state index contributed by atoms with van der Waals surface area (Å²) in [4.78, 5) is 41.0. The Labute approximate surface area is 249 Å². The van der Waals surface area contributed by atoms with Crippen molar-refractivity contribution in [3.63, 3.8) is 0 Å². The van der Waals surface area contributed by atoms with E-state index in [0.29, 0.717) is 51.6 Å². The lowest BCUT2D eigenvalue weighted by Crippen LogP contribution is -2.43. The van der Waals surface area contributed by atoms with Crippen molar-refractivity contribution in [3.05, 3.63) is 100 Å². The standard InChI is InChI=1S/C30H24ClN7O5/c1-42-30(41)33-23-8-4-7-22-24(34-43-29(22)23)16-26(39)28-21-6-3-2-5-18(21)13-14-37(28)27(40)12-9-19-15-20(31)10-11-25(19)38-17-32-35-36-38/h2-12,15,17,28H,13-14,16H2,1H3,(H,33,41)/b12-9+/t28-/m0/s1. The molecule has 3 aromatic carbocycles. The number of ether oxygens (including phenoxy) is 1. The van der Waals surface area contributed by atoms with Crippen LogP contribution in [0.4, 0.5) is 10.5 Å². The van der Waals surface area contributed by atoms with Crippen LogP contribution in [0.1, 0.15) is 28.4 Å². The molecule has 6 rings (SSSR count). The van der Waals surface area contributed by atoms with Crippen molar-refractivity contribution >= 4 is 52.1 Å². The Bertz CT molecular complexity index is 1870. The minimum atomic E-state index is -0.844. The van der Waals surface area contributed by atoms with Gasteiger partial charge in [0.15, 0.2) is 11.4 Å². The predicted molar refractivity (Wildman–Crippen MR) is 157 cm³/mol. The number of hydrogen-bond donors (Lipinski definition) is 1. The number of aromatic nitrogens is 5. The van der Waals surface area contributed by atoms with E-state index in [1.807, 2.05) is 24.3 Å². The number of fused-ring (bicyclic) bond motifs is 2. The van der Waals surface area contributed by atoms with Crippen molar-refractivity contribution in [3.8, 4) is 5.69 Å². The molecule has 1 atom stereocenters. The maximum absolute atomic E-state index is 14.0. The highest BCUT2D eigenvalue weighted by molar-refractivity contribution is 6.30. The first-order chi connectivity index (χ1) is 20.9. The smallest absolute Gasteiger partial charge is 0.411 e. The molecule has 0 spiro atoms. The van der Waals surface area contributed by atoms with Crippen LogP contribution in [0.3, 0.4) is 0 Å². The highest BCUT2D eigenvalue weighted by atomic mass is 35.5. The van der Waals surface area contributed by atoms with Crippen molar-refractivity contribution in [1.29, 1.82) is 0 Å². The number of nitrogens with zero attached hydrogens (tertiary/aromatic N) is 6. The Kier molecular flexibility index (Phi) is 7.67. The number of carbonyl (C=O) groups is 3. The van der Waals surface area contributed by atoms with Crippen LogP contribution in [0, 0.1) is 0 Å². The topological polar surface area (TPSA) is 145 Å². The summed E-state index contributed by atoms with van der Waals surface area (Å²) >= 11 is 6.24. The van der Waals surface area contributed by atoms with E-state index >= 15 is 0 Å². The third-order valence-electron chi connectivity index (χ3n) is 7.20. The van der Waals surface area contributed by atoms with Gasteiger partial charge in [0.2, 0.25) is 5.91 Å². The normalized spacial score (nSPS) is 14.6. The van der Waals surface area contributed by atoms with Gasteiger partial charge in [0, 0.05) is 28.6 Å². The van der Waals surface area contributed by atoms with Gasteiger partial charge in [-0.1, -0.05) is 47.1 Å². The van der Waals surface area contributed by atoms with E-state index in [4.69, 9.17) is 16.1 Å². The SMILES string of the molecule is COC(=O)Nc1cccc2c(CC(=O)[C@@H]3c4ccccc4CCN3C(=O)/C=C/c3cc(Cl)ccc3-n3cnnn3)noc12. The number of hydrogen-bond acceptors (Lipinski definition) is 9. The summed E-state index contributed by atoms with van der Waals surface area (Å²) in [6.07, 6.45) is 4.34. The first kappa shape index (κ1) is 27.8. The van der Waals surface area contributed by atoms with Gasteiger partial charge in [-0.05, 0) is 64.4 Å². The molecular formula is C30H24ClN7O5. The molecule has 0 unspecified atom stereocenters. The number of anilines is 1. The summed E-state index contributed by atoms with van der Waals surface area (Å²) in [7, 11) is 1.26. The second-order valence-electron chi connectivity index (χ2n) is 9.75. The molecule has 2 amide bonds. The summed E-state index contributed by atoms with van der Waals surface area (Å²) in [5.74, 6) is -0.572. The average molecular weight is 598 g/mol. The quantitative estimate of drug-likeness (QED) is 0.266. The Morgan fingerprint density at radius 1 is 1.14 bits per heavy atom. The molecule has 0 bridgehead atoms. The molecule has 1 N–H and O–H groups in total. The monoisotopic (exact) mass is 597 g/mol. The van der Waals surface area contributed by atoms with Gasteiger partial charge >= 0.3 is 6.09 Å². The Morgan fingerprint density at radius 3 is 2.81 bits per heavy atom. The van der Waals surface area contributed by atoms with Crippen LogP contribution in [0.5, 0.6) is 0 Å². The van der Waals surface area contributed by atoms with Gasteiger partial charge in [0.1, 0.15) is 12.4 Å². The van der Waals surface area contributed by atoms with Crippen molar-refractivity contribution < 1.29 is 23.6 Å². The first-order valence-corrected chi connectivity index (χ1v) is 13.6. The largest absolute Gasteiger partial charge is 0.453 e. The van der Waals surface area contributed by atoms with Gasteiger partial charge in [0.25, 0.3) is 0 Å². The third kappa shape index (κ3) is 5.60.